The third kappa shape index (κ3) is 2.04. The van der Waals surface area contributed by atoms with Gasteiger partial charge >= 0.3 is 6.03 Å². The Labute approximate surface area is 133 Å². The minimum absolute atomic E-state index is 0.195. The van der Waals surface area contributed by atoms with Crippen LogP contribution in [-0.2, 0) is 16.6 Å². The first kappa shape index (κ1) is 14.2. The smallest absolute Gasteiger partial charge is 0.312 e. The second-order valence-corrected chi connectivity index (χ2v) is 6.36. The Balaban J connectivity index is 1.58. The van der Waals surface area contributed by atoms with Gasteiger partial charge in [-0.05, 0) is 25.7 Å². The highest BCUT2D eigenvalue weighted by molar-refractivity contribution is 6.10. The molecule has 1 aromatic heterocycles. The fourth-order valence-corrected chi connectivity index (χ4v) is 3.81. The summed E-state index contributed by atoms with van der Waals surface area (Å²) >= 11 is 0. The lowest BCUT2D eigenvalue weighted by Crippen LogP contribution is -2.46. The Morgan fingerprint density at radius 1 is 1.04 bits per heavy atom. The summed E-state index contributed by atoms with van der Waals surface area (Å²) in [6, 6.07) is -1.34. The molecule has 0 bridgehead atoms. The summed E-state index contributed by atoms with van der Waals surface area (Å²) in [5, 5.41) is 4.07. The van der Waals surface area contributed by atoms with Crippen LogP contribution in [0.1, 0.15) is 25.7 Å². The number of nitrogens with zero attached hydrogens (tertiary/aromatic N) is 5. The van der Waals surface area contributed by atoms with E-state index < -0.39 is 6.04 Å². The summed E-state index contributed by atoms with van der Waals surface area (Å²) in [5.74, 6) is -0.402. The largest absolute Gasteiger partial charge is 0.328 e. The number of aromatic nitrogens is 2. The minimum atomic E-state index is -0.680. The van der Waals surface area contributed by atoms with E-state index in [0.717, 1.165) is 12.8 Å². The van der Waals surface area contributed by atoms with Gasteiger partial charge in [0.05, 0.1) is 11.9 Å². The average molecular weight is 317 g/mol. The molecule has 4 rings (SSSR count). The van der Waals surface area contributed by atoms with E-state index in [-0.39, 0.29) is 23.9 Å². The fourth-order valence-electron chi connectivity index (χ4n) is 3.81. The number of hydrogen-bond acceptors (Lipinski definition) is 4. The van der Waals surface area contributed by atoms with Gasteiger partial charge in [0.1, 0.15) is 12.1 Å². The van der Waals surface area contributed by atoms with Crippen molar-refractivity contribution in [3.8, 4) is 0 Å². The third-order valence-electron chi connectivity index (χ3n) is 4.97. The van der Waals surface area contributed by atoms with Gasteiger partial charge in [-0.25, -0.2) is 9.69 Å². The van der Waals surface area contributed by atoms with Crippen molar-refractivity contribution in [3.63, 3.8) is 0 Å². The highest BCUT2D eigenvalue weighted by Gasteiger charge is 2.52. The molecule has 0 aliphatic carbocycles. The summed E-state index contributed by atoms with van der Waals surface area (Å²) < 4.78 is 1.63. The van der Waals surface area contributed by atoms with Gasteiger partial charge in [-0.15, -0.1) is 0 Å². The molecule has 0 aromatic carbocycles. The van der Waals surface area contributed by atoms with E-state index in [9.17, 15) is 14.4 Å². The van der Waals surface area contributed by atoms with Gasteiger partial charge < -0.3 is 9.80 Å². The first-order valence-electron chi connectivity index (χ1n) is 8.01. The lowest BCUT2D eigenvalue weighted by atomic mass is 10.0. The van der Waals surface area contributed by atoms with E-state index in [1.165, 1.54) is 4.90 Å². The molecule has 4 amide bonds. The van der Waals surface area contributed by atoms with Crippen molar-refractivity contribution in [3.05, 3.63) is 12.4 Å². The van der Waals surface area contributed by atoms with Gasteiger partial charge in [-0.1, -0.05) is 0 Å². The highest BCUT2D eigenvalue weighted by atomic mass is 16.2. The van der Waals surface area contributed by atoms with E-state index in [1.807, 2.05) is 0 Å². The van der Waals surface area contributed by atoms with Gasteiger partial charge in [0.15, 0.2) is 0 Å². The van der Waals surface area contributed by atoms with Crippen LogP contribution >= 0.6 is 0 Å². The molecule has 2 atom stereocenters. The van der Waals surface area contributed by atoms with Crippen LogP contribution in [0.5, 0.6) is 0 Å². The SMILES string of the molecule is Cn1cc(N2CCC(N3C(=O)C4CCCCN4C3=O)C2=O)cn1. The molecule has 3 saturated heterocycles. The van der Waals surface area contributed by atoms with Crippen molar-refractivity contribution in [2.75, 3.05) is 18.0 Å². The van der Waals surface area contributed by atoms with Crippen molar-refractivity contribution < 1.29 is 14.4 Å². The first-order chi connectivity index (χ1) is 11.1. The number of carbonyl (C=O) groups excluding carboxylic acids is 3. The molecule has 8 heteroatoms. The summed E-state index contributed by atoms with van der Waals surface area (Å²) in [4.78, 5) is 42.3. The standard InChI is InChI=1S/C15H19N5O3/c1-17-9-10(8-16-17)18-7-5-12(13(18)21)20-14(22)11-4-2-3-6-19(11)15(20)23/h8-9,11-12H,2-7H2,1H3. The van der Waals surface area contributed by atoms with Crippen LogP contribution in [0.3, 0.4) is 0 Å². The van der Waals surface area contributed by atoms with Crippen molar-refractivity contribution in [2.24, 2.45) is 7.05 Å². The number of piperidine rings is 1. The molecular formula is C15H19N5O3. The number of rotatable bonds is 2. The van der Waals surface area contributed by atoms with Gasteiger partial charge in [0, 0.05) is 26.3 Å². The summed E-state index contributed by atoms with van der Waals surface area (Å²) in [5.41, 5.74) is 0.705. The van der Waals surface area contributed by atoms with Gasteiger partial charge in [0.2, 0.25) is 0 Å². The predicted molar refractivity (Wildman–Crippen MR) is 80.6 cm³/mol. The molecule has 0 N–H and O–H groups in total. The zero-order valence-electron chi connectivity index (χ0n) is 13.0. The van der Waals surface area contributed by atoms with Crippen molar-refractivity contribution >= 4 is 23.5 Å². The quantitative estimate of drug-likeness (QED) is 0.737. The molecule has 1 aromatic rings. The van der Waals surface area contributed by atoms with E-state index >= 15 is 0 Å². The molecule has 3 aliphatic heterocycles. The topological polar surface area (TPSA) is 78.8 Å². The van der Waals surface area contributed by atoms with Gasteiger partial charge in [-0.3, -0.25) is 14.3 Å². The molecule has 0 spiro atoms. The second-order valence-electron chi connectivity index (χ2n) is 6.36. The molecular weight excluding hydrogens is 298 g/mol. The molecule has 3 aliphatic rings. The molecule has 4 heterocycles. The number of hydrogen-bond donors (Lipinski definition) is 0. The van der Waals surface area contributed by atoms with Crippen LogP contribution in [-0.4, -0.2) is 62.6 Å². The normalized spacial score (nSPS) is 28.0. The Bertz CT molecular complexity index is 660. The number of anilines is 1. The number of fused-ring (bicyclic) bond motifs is 1. The van der Waals surface area contributed by atoms with E-state index in [1.54, 1.807) is 33.9 Å². The number of urea groups is 1. The molecule has 2 unspecified atom stereocenters. The molecule has 23 heavy (non-hydrogen) atoms. The Hall–Kier alpha value is -2.38. The molecule has 3 fully saturated rings. The molecule has 0 radical (unpaired) electrons. The van der Waals surface area contributed by atoms with Crippen LogP contribution in [0, 0.1) is 0 Å². The maximum Gasteiger partial charge on any atom is 0.328 e. The zero-order chi connectivity index (χ0) is 16.1. The Morgan fingerprint density at radius 3 is 2.57 bits per heavy atom. The van der Waals surface area contributed by atoms with Gasteiger partial charge in [-0.2, -0.15) is 5.10 Å². The molecule has 0 saturated carbocycles. The highest BCUT2D eigenvalue weighted by Crippen LogP contribution is 2.32. The summed E-state index contributed by atoms with van der Waals surface area (Å²) in [6.45, 7) is 1.11. The minimum Gasteiger partial charge on any atom is -0.312 e. The van der Waals surface area contributed by atoms with Gasteiger partial charge in [0.25, 0.3) is 11.8 Å². The van der Waals surface area contributed by atoms with Crippen LogP contribution in [0.25, 0.3) is 0 Å². The monoisotopic (exact) mass is 317 g/mol. The number of aryl methyl sites for hydroxylation is 1. The maximum absolute atomic E-state index is 12.7. The molecule has 8 nitrogen and oxygen atoms in total. The predicted octanol–water partition coefficient (Wildman–Crippen LogP) is 0.342. The van der Waals surface area contributed by atoms with Crippen LogP contribution in [0.15, 0.2) is 12.4 Å². The maximum atomic E-state index is 12.7. The summed E-state index contributed by atoms with van der Waals surface area (Å²) in [7, 11) is 1.78. The Kier molecular flexibility index (Phi) is 3.14. The number of amides is 4. The van der Waals surface area contributed by atoms with Crippen molar-refractivity contribution in [1.29, 1.82) is 0 Å². The average Bonchev–Trinajstić information content (AvgIpc) is 3.19. The number of imide groups is 1. The van der Waals surface area contributed by atoms with Crippen molar-refractivity contribution in [1.82, 2.24) is 19.6 Å². The molecule has 122 valence electrons. The van der Waals surface area contributed by atoms with E-state index in [4.69, 9.17) is 0 Å². The third-order valence-corrected chi connectivity index (χ3v) is 4.97. The zero-order valence-corrected chi connectivity index (χ0v) is 13.0. The van der Waals surface area contributed by atoms with Crippen LogP contribution in [0.4, 0.5) is 10.5 Å². The second kappa shape index (κ2) is 5.07. The van der Waals surface area contributed by atoms with E-state index in [2.05, 4.69) is 5.10 Å². The van der Waals surface area contributed by atoms with E-state index in [0.29, 0.717) is 31.6 Å². The lowest BCUT2D eigenvalue weighted by Gasteiger charge is -2.26. The van der Waals surface area contributed by atoms with Crippen molar-refractivity contribution in [2.45, 2.75) is 37.8 Å². The van der Waals surface area contributed by atoms with Crippen LogP contribution in [0.2, 0.25) is 0 Å². The summed E-state index contributed by atoms with van der Waals surface area (Å²) in [6.07, 6.45) is 6.44. The number of carbonyl (C=O) groups is 3. The lowest BCUT2D eigenvalue weighted by molar-refractivity contribution is -0.134. The fraction of sp³-hybridized carbons (Fsp3) is 0.600. The Morgan fingerprint density at radius 2 is 1.87 bits per heavy atom. The van der Waals surface area contributed by atoms with Crippen LogP contribution < -0.4 is 4.90 Å². The first-order valence-corrected chi connectivity index (χ1v) is 8.01.